The van der Waals surface area contributed by atoms with Crippen LogP contribution in [0.3, 0.4) is 0 Å². The van der Waals surface area contributed by atoms with Crippen LogP contribution in [0.25, 0.3) is 11.1 Å². The second-order valence-corrected chi connectivity index (χ2v) is 11.7. The molecule has 2 aromatic carbocycles. The molecule has 0 bridgehead atoms. The molecule has 7 heteroatoms. The largest absolute Gasteiger partial charge is 0.444 e. The van der Waals surface area contributed by atoms with Gasteiger partial charge in [0.2, 0.25) is 0 Å². The van der Waals surface area contributed by atoms with Crippen LogP contribution in [0.2, 0.25) is 10.0 Å². The lowest BCUT2D eigenvalue weighted by Gasteiger charge is -2.39. The Morgan fingerprint density at radius 3 is 2.62 bits per heavy atom. The molecule has 3 heterocycles. The third kappa shape index (κ3) is 3.97. The van der Waals surface area contributed by atoms with E-state index in [4.69, 9.17) is 27.9 Å². The highest BCUT2D eigenvalue weighted by Crippen LogP contribution is 2.52. The molecule has 0 spiro atoms. The van der Waals surface area contributed by atoms with Crippen LogP contribution in [0.4, 0.5) is 10.5 Å². The zero-order valence-electron chi connectivity index (χ0n) is 18.7. The fourth-order valence-corrected chi connectivity index (χ4v) is 6.91. The summed E-state index contributed by atoms with van der Waals surface area (Å²) < 4.78 is 5.68. The number of hydrogen-bond acceptors (Lipinski definition) is 4. The van der Waals surface area contributed by atoms with Crippen LogP contribution in [-0.4, -0.2) is 48.0 Å². The fraction of sp³-hybridized carbons (Fsp3) is 0.480. The zero-order chi connectivity index (χ0) is 22.6. The van der Waals surface area contributed by atoms with Crippen molar-refractivity contribution >= 4 is 46.7 Å². The fourth-order valence-electron chi connectivity index (χ4n) is 5.22. The summed E-state index contributed by atoms with van der Waals surface area (Å²) in [4.78, 5) is 18.6. The third-order valence-electron chi connectivity index (χ3n) is 6.47. The van der Waals surface area contributed by atoms with Crippen LogP contribution in [0.15, 0.2) is 35.2 Å². The Bertz CT molecular complexity index is 1050. The minimum absolute atomic E-state index is 0.219. The maximum atomic E-state index is 12.8. The van der Waals surface area contributed by atoms with E-state index in [0.29, 0.717) is 22.6 Å². The van der Waals surface area contributed by atoms with Crippen molar-refractivity contribution in [2.45, 2.75) is 56.1 Å². The van der Waals surface area contributed by atoms with E-state index >= 15 is 0 Å². The van der Waals surface area contributed by atoms with Gasteiger partial charge < -0.3 is 14.5 Å². The van der Waals surface area contributed by atoms with Gasteiger partial charge in [-0.3, -0.25) is 0 Å². The monoisotopic (exact) mass is 490 g/mol. The van der Waals surface area contributed by atoms with Crippen molar-refractivity contribution in [2.24, 2.45) is 0 Å². The summed E-state index contributed by atoms with van der Waals surface area (Å²) in [7, 11) is 0. The van der Waals surface area contributed by atoms with Crippen LogP contribution in [0.5, 0.6) is 0 Å². The SMILES string of the molecule is CC(C)(C)OC(=O)N1CC[C@H]2[C@@H](C1)c1cc(-c3c(Cl)cccc3Cl)cc3c1N2CCCS3. The van der Waals surface area contributed by atoms with Crippen molar-refractivity contribution < 1.29 is 9.53 Å². The molecular formula is C25H28Cl2N2O2S. The Morgan fingerprint density at radius 2 is 1.91 bits per heavy atom. The lowest BCUT2D eigenvalue weighted by Crippen LogP contribution is -2.49. The van der Waals surface area contributed by atoms with Crippen LogP contribution >= 0.6 is 35.0 Å². The molecule has 1 amide bonds. The number of thioether (sulfide) groups is 1. The van der Waals surface area contributed by atoms with Gasteiger partial charge in [-0.1, -0.05) is 29.3 Å². The number of benzene rings is 2. The molecule has 0 radical (unpaired) electrons. The lowest BCUT2D eigenvalue weighted by atomic mass is 9.88. The van der Waals surface area contributed by atoms with E-state index in [2.05, 4.69) is 17.0 Å². The number of fused-ring (bicyclic) bond motifs is 3. The number of amides is 1. The number of carbonyl (C=O) groups excluding carboxylic acids is 1. The Labute approximate surface area is 204 Å². The average molecular weight is 491 g/mol. The summed E-state index contributed by atoms with van der Waals surface area (Å²) in [5.41, 5.74) is 4.10. The first-order valence-electron chi connectivity index (χ1n) is 11.2. The van der Waals surface area contributed by atoms with Crippen molar-refractivity contribution in [2.75, 3.05) is 30.3 Å². The number of nitrogens with zero attached hydrogens (tertiary/aromatic N) is 2. The van der Waals surface area contributed by atoms with Crippen molar-refractivity contribution in [3.63, 3.8) is 0 Å². The van der Waals surface area contributed by atoms with E-state index in [1.54, 1.807) is 0 Å². The van der Waals surface area contributed by atoms with E-state index in [0.717, 1.165) is 42.8 Å². The Hall–Kier alpha value is -1.56. The topological polar surface area (TPSA) is 32.8 Å². The number of ether oxygens (including phenoxy) is 1. The number of rotatable bonds is 1. The molecule has 3 aliphatic heterocycles. The molecular weight excluding hydrogens is 463 g/mol. The highest BCUT2D eigenvalue weighted by Gasteiger charge is 2.45. The average Bonchev–Trinajstić information content (AvgIpc) is 2.87. The quantitative estimate of drug-likeness (QED) is 0.427. The van der Waals surface area contributed by atoms with E-state index < -0.39 is 5.60 Å². The van der Waals surface area contributed by atoms with Gasteiger partial charge in [0.25, 0.3) is 0 Å². The molecule has 0 saturated carbocycles. The summed E-state index contributed by atoms with van der Waals surface area (Å²) in [6, 6.07) is 10.6. The third-order valence-corrected chi connectivity index (χ3v) is 8.22. The first-order valence-corrected chi connectivity index (χ1v) is 13.0. The van der Waals surface area contributed by atoms with E-state index in [9.17, 15) is 4.79 Å². The summed E-state index contributed by atoms with van der Waals surface area (Å²) >= 11 is 15.1. The standard InChI is InChI=1S/C25H28Cl2N2O2S/c1-25(2,3)31-24(30)28-10-8-20-17(14-28)16-12-15(22-18(26)6-4-7-19(22)27)13-21-23(16)29(20)9-5-11-32-21/h4,6-7,12-13,17,20H,5,8-11,14H2,1-3H3/t17-,20-/m0/s1. The van der Waals surface area contributed by atoms with Crippen molar-refractivity contribution in [3.8, 4) is 11.1 Å². The predicted octanol–water partition coefficient (Wildman–Crippen LogP) is 7.07. The zero-order valence-corrected chi connectivity index (χ0v) is 21.0. The van der Waals surface area contributed by atoms with Crippen LogP contribution < -0.4 is 4.90 Å². The molecule has 2 aromatic rings. The molecule has 3 aliphatic rings. The summed E-state index contributed by atoms with van der Waals surface area (Å²) in [5.74, 6) is 1.36. The first-order chi connectivity index (χ1) is 15.2. The van der Waals surface area contributed by atoms with Gasteiger partial charge in [0, 0.05) is 52.1 Å². The Kier molecular flexibility index (Phi) is 5.80. The molecule has 2 atom stereocenters. The van der Waals surface area contributed by atoms with E-state index in [-0.39, 0.29) is 12.0 Å². The summed E-state index contributed by atoms with van der Waals surface area (Å²) in [5, 5.41) is 1.32. The molecule has 4 nitrogen and oxygen atoms in total. The van der Waals surface area contributed by atoms with Crippen LogP contribution in [-0.2, 0) is 4.74 Å². The van der Waals surface area contributed by atoms with E-state index in [1.165, 1.54) is 16.1 Å². The van der Waals surface area contributed by atoms with Gasteiger partial charge in [-0.2, -0.15) is 0 Å². The van der Waals surface area contributed by atoms with Crippen molar-refractivity contribution in [1.82, 2.24) is 4.90 Å². The summed E-state index contributed by atoms with van der Waals surface area (Å²) in [6.07, 6.45) is 1.88. The minimum Gasteiger partial charge on any atom is -0.444 e. The molecule has 170 valence electrons. The van der Waals surface area contributed by atoms with Gasteiger partial charge in [-0.15, -0.1) is 11.8 Å². The second kappa shape index (κ2) is 8.34. The summed E-state index contributed by atoms with van der Waals surface area (Å²) in [6.45, 7) is 8.21. The van der Waals surface area contributed by atoms with Crippen molar-refractivity contribution in [1.29, 1.82) is 0 Å². The normalized spacial score (nSPS) is 22.3. The van der Waals surface area contributed by atoms with Gasteiger partial charge in [0.1, 0.15) is 5.60 Å². The Morgan fingerprint density at radius 1 is 1.16 bits per heavy atom. The molecule has 1 saturated heterocycles. The molecule has 0 aromatic heterocycles. The maximum Gasteiger partial charge on any atom is 0.410 e. The minimum atomic E-state index is -0.494. The molecule has 0 unspecified atom stereocenters. The van der Waals surface area contributed by atoms with Crippen molar-refractivity contribution in [3.05, 3.63) is 45.9 Å². The number of carbonyl (C=O) groups is 1. The second-order valence-electron chi connectivity index (χ2n) is 9.79. The number of piperidine rings is 1. The molecule has 1 fully saturated rings. The van der Waals surface area contributed by atoms with Gasteiger partial charge in [-0.25, -0.2) is 4.79 Å². The molecule has 0 aliphatic carbocycles. The van der Waals surface area contributed by atoms with Gasteiger partial charge in [0.15, 0.2) is 0 Å². The molecule has 32 heavy (non-hydrogen) atoms. The van der Waals surface area contributed by atoms with Crippen LogP contribution in [0, 0.1) is 0 Å². The van der Waals surface area contributed by atoms with E-state index in [1.807, 2.05) is 55.6 Å². The van der Waals surface area contributed by atoms with Gasteiger partial charge in [0.05, 0.1) is 5.69 Å². The molecule has 5 rings (SSSR count). The lowest BCUT2D eigenvalue weighted by molar-refractivity contribution is 0.0189. The molecule has 0 N–H and O–H groups in total. The predicted molar refractivity (Wildman–Crippen MR) is 134 cm³/mol. The number of anilines is 1. The number of halogens is 2. The highest BCUT2D eigenvalue weighted by molar-refractivity contribution is 7.99. The smallest absolute Gasteiger partial charge is 0.410 e. The Balaban J connectivity index is 1.57. The maximum absolute atomic E-state index is 12.8. The number of hydrogen-bond donors (Lipinski definition) is 0. The highest BCUT2D eigenvalue weighted by atomic mass is 35.5. The van der Waals surface area contributed by atoms with Crippen LogP contribution in [0.1, 0.15) is 45.1 Å². The first kappa shape index (κ1) is 22.2. The number of likely N-dealkylation sites (tertiary alicyclic amines) is 1. The van der Waals surface area contributed by atoms with Gasteiger partial charge in [-0.05, 0) is 74.8 Å². The van der Waals surface area contributed by atoms with Gasteiger partial charge >= 0.3 is 6.09 Å².